The number of carbonyl (C=O) groups is 3. The normalized spacial score (nSPS) is 10.8. The third-order valence-electron chi connectivity index (χ3n) is 5.50. The summed E-state index contributed by atoms with van der Waals surface area (Å²) >= 11 is 2.68. The minimum Gasteiger partial charge on any atom is -0.339 e. The van der Waals surface area contributed by atoms with Crippen LogP contribution < -0.4 is 10.6 Å². The first kappa shape index (κ1) is 27.3. The summed E-state index contributed by atoms with van der Waals surface area (Å²) in [6, 6.07) is 6.86. The van der Waals surface area contributed by atoms with Crippen LogP contribution in [0.3, 0.4) is 0 Å². The van der Waals surface area contributed by atoms with Crippen LogP contribution in [-0.4, -0.2) is 61.2 Å². The number of aryl methyl sites for hydroxylation is 2. The van der Waals surface area contributed by atoms with E-state index in [1.165, 1.54) is 23.1 Å². The van der Waals surface area contributed by atoms with Crippen molar-refractivity contribution in [1.82, 2.24) is 24.6 Å². The molecule has 0 saturated carbocycles. The lowest BCUT2D eigenvalue weighted by Gasteiger charge is -2.18. The molecule has 0 aliphatic carbocycles. The molecule has 36 heavy (non-hydrogen) atoms. The number of aromatic nitrogens is 4. The molecule has 10 nitrogen and oxygen atoms in total. The predicted octanol–water partition coefficient (Wildman–Crippen LogP) is 3.77. The van der Waals surface area contributed by atoms with Crippen molar-refractivity contribution in [1.29, 1.82) is 0 Å². The number of rotatable bonds is 11. The molecule has 0 fully saturated rings. The van der Waals surface area contributed by atoms with Crippen LogP contribution in [0.5, 0.6) is 0 Å². The number of nitrogens with zero attached hydrogens (tertiary/aromatic N) is 5. The Labute approximate surface area is 218 Å². The van der Waals surface area contributed by atoms with Crippen molar-refractivity contribution in [3.8, 4) is 0 Å². The van der Waals surface area contributed by atoms with Crippen LogP contribution in [0.1, 0.15) is 47.5 Å². The van der Waals surface area contributed by atoms with Gasteiger partial charge in [0.15, 0.2) is 10.3 Å². The third kappa shape index (κ3) is 6.91. The molecular formula is C24H31N7O3S2. The topological polar surface area (TPSA) is 122 Å². The van der Waals surface area contributed by atoms with E-state index in [4.69, 9.17) is 0 Å². The highest BCUT2D eigenvalue weighted by atomic mass is 32.2. The summed E-state index contributed by atoms with van der Waals surface area (Å²) in [5.74, 6) is 0.192. The van der Waals surface area contributed by atoms with E-state index in [1.54, 1.807) is 29.2 Å². The monoisotopic (exact) mass is 529 g/mol. The van der Waals surface area contributed by atoms with Gasteiger partial charge in [0.2, 0.25) is 11.8 Å². The SMILES string of the molecule is CCN(CC)C(=O)c1ccc(NC(=O)CSc2nnc(CC(=O)Nc3nc(C)c(C)s3)n2CC)cc1. The molecule has 2 N–H and O–H groups in total. The quantitative estimate of drug-likeness (QED) is 0.363. The number of hydrogen-bond donors (Lipinski definition) is 2. The molecule has 3 rings (SSSR count). The van der Waals surface area contributed by atoms with Crippen molar-refractivity contribution in [2.24, 2.45) is 0 Å². The molecule has 2 aromatic heterocycles. The average molecular weight is 530 g/mol. The lowest BCUT2D eigenvalue weighted by molar-refractivity contribution is -0.116. The van der Waals surface area contributed by atoms with Crippen molar-refractivity contribution in [2.75, 3.05) is 29.5 Å². The molecule has 0 spiro atoms. The van der Waals surface area contributed by atoms with Gasteiger partial charge in [-0.05, 0) is 58.9 Å². The smallest absolute Gasteiger partial charge is 0.253 e. The molecule has 1 aromatic carbocycles. The molecular weight excluding hydrogens is 498 g/mol. The van der Waals surface area contributed by atoms with Crippen molar-refractivity contribution in [3.63, 3.8) is 0 Å². The lowest BCUT2D eigenvalue weighted by Crippen LogP contribution is -2.30. The molecule has 0 saturated heterocycles. The van der Waals surface area contributed by atoms with Gasteiger partial charge in [-0.15, -0.1) is 21.5 Å². The summed E-state index contributed by atoms with van der Waals surface area (Å²) in [6.07, 6.45) is 0.0594. The molecule has 2 heterocycles. The van der Waals surface area contributed by atoms with Gasteiger partial charge in [-0.25, -0.2) is 4.98 Å². The van der Waals surface area contributed by atoms with E-state index in [1.807, 2.05) is 39.2 Å². The lowest BCUT2D eigenvalue weighted by atomic mass is 10.2. The standard InChI is InChI=1S/C24H31N7O3S2/c1-6-30(7-2)22(34)17-9-11-18(12-10-17)26-21(33)14-35-24-29-28-19(31(24)8-3)13-20(32)27-23-25-15(4)16(5)36-23/h9-12H,6-8,13-14H2,1-5H3,(H,26,33)(H,25,27,32). The molecule has 0 aliphatic rings. The van der Waals surface area contributed by atoms with Crippen molar-refractivity contribution >= 4 is 51.6 Å². The molecule has 3 aromatic rings. The highest BCUT2D eigenvalue weighted by Gasteiger charge is 2.17. The van der Waals surface area contributed by atoms with E-state index in [0.717, 1.165) is 10.6 Å². The van der Waals surface area contributed by atoms with Crippen LogP contribution >= 0.6 is 23.1 Å². The summed E-state index contributed by atoms with van der Waals surface area (Å²) in [7, 11) is 0. The Bertz CT molecular complexity index is 1200. The van der Waals surface area contributed by atoms with E-state index in [-0.39, 0.29) is 29.9 Å². The van der Waals surface area contributed by atoms with Gasteiger partial charge >= 0.3 is 0 Å². The second-order valence-electron chi connectivity index (χ2n) is 7.92. The molecule has 0 unspecified atom stereocenters. The molecule has 0 atom stereocenters. The number of benzene rings is 1. The maximum absolute atomic E-state index is 12.5. The van der Waals surface area contributed by atoms with Gasteiger partial charge in [0.1, 0.15) is 5.82 Å². The number of thioether (sulfide) groups is 1. The molecule has 0 aliphatic heterocycles. The number of thiazole rings is 1. The summed E-state index contributed by atoms with van der Waals surface area (Å²) in [5, 5.41) is 15.1. The van der Waals surface area contributed by atoms with Crippen molar-refractivity contribution < 1.29 is 14.4 Å². The fourth-order valence-corrected chi connectivity index (χ4v) is 5.08. The molecule has 192 valence electrons. The van der Waals surface area contributed by atoms with E-state index < -0.39 is 0 Å². The Kier molecular flexibility index (Phi) is 9.59. The molecule has 12 heteroatoms. The number of nitrogens with one attached hydrogen (secondary N) is 2. The molecule has 0 bridgehead atoms. The number of carbonyl (C=O) groups excluding carboxylic acids is 3. The second kappa shape index (κ2) is 12.6. The van der Waals surface area contributed by atoms with E-state index in [0.29, 0.717) is 47.0 Å². The van der Waals surface area contributed by atoms with E-state index >= 15 is 0 Å². The molecule has 0 radical (unpaired) electrons. The number of hydrogen-bond acceptors (Lipinski definition) is 8. The van der Waals surface area contributed by atoms with Crippen molar-refractivity contribution in [2.45, 2.75) is 52.7 Å². The Morgan fingerprint density at radius 2 is 1.69 bits per heavy atom. The fraction of sp³-hybridized carbons (Fsp3) is 0.417. The van der Waals surface area contributed by atoms with Crippen molar-refractivity contribution in [3.05, 3.63) is 46.2 Å². The van der Waals surface area contributed by atoms with E-state index in [9.17, 15) is 14.4 Å². The van der Waals surface area contributed by atoms with Gasteiger partial charge in [-0.1, -0.05) is 11.8 Å². The van der Waals surface area contributed by atoms with Gasteiger partial charge in [0, 0.05) is 35.8 Å². The zero-order valence-corrected chi connectivity index (χ0v) is 22.8. The average Bonchev–Trinajstić information content (AvgIpc) is 3.39. The Balaban J connectivity index is 1.54. The summed E-state index contributed by atoms with van der Waals surface area (Å²) < 4.78 is 1.82. The Hall–Kier alpha value is -3.25. The van der Waals surface area contributed by atoms with Gasteiger partial charge in [-0.3, -0.25) is 14.4 Å². The highest BCUT2D eigenvalue weighted by molar-refractivity contribution is 7.99. The maximum atomic E-state index is 12.5. The van der Waals surface area contributed by atoms with Crippen LogP contribution in [0.15, 0.2) is 29.4 Å². The second-order valence-corrected chi connectivity index (χ2v) is 10.1. The van der Waals surface area contributed by atoms with E-state index in [2.05, 4.69) is 25.8 Å². The summed E-state index contributed by atoms with van der Waals surface area (Å²) in [5.41, 5.74) is 2.09. The van der Waals surface area contributed by atoms with Gasteiger partial charge < -0.3 is 20.1 Å². The van der Waals surface area contributed by atoms with Crippen LogP contribution in [0.4, 0.5) is 10.8 Å². The van der Waals surface area contributed by atoms with Crippen LogP contribution in [0, 0.1) is 13.8 Å². The zero-order chi connectivity index (χ0) is 26.2. The first-order chi connectivity index (χ1) is 17.2. The van der Waals surface area contributed by atoms with Gasteiger partial charge in [0.25, 0.3) is 5.91 Å². The number of anilines is 2. The number of amides is 3. The predicted molar refractivity (Wildman–Crippen MR) is 143 cm³/mol. The largest absolute Gasteiger partial charge is 0.339 e. The first-order valence-corrected chi connectivity index (χ1v) is 13.5. The van der Waals surface area contributed by atoms with Gasteiger partial charge in [-0.2, -0.15) is 0 Å². The van der Waals surface area contributed by atoms with Crippen LogP contribution in [-0.2, 0) is 22.6 Å². The summed E-state index contributed by atoms with van der Waals surface area (Å²) in [6.45, 7) is 11.5. The maximum Gasteiger partial charge on any atom is 0.253 e. The first-order valence-electron chi connectivity index (χ1n) is 11.7. The minimum absolute atomic E-state index is 0.0336. The third-order valence-corrected chi connectivity index (χ3v) is 7.46. The Morgan fingerprint density at radius 3 is 2.28 bits per heavy atom. The zero-order valence-electron chi connectivity index (χ0n) is 21.1. The molecule has 3 amide bonds. The van der Waals surface area contributed by atoms with Gasteiger partial charge in [0.05, 0.1) is 17.9 Å². The Morgan fingerprint density at radius 1 is 1.00 bits per heavy atom. The summed E-state index contributed by atoms with van der Waals surface area (Å²) in [4.78, 5) is 44.5. The van der Waals surface area contributed by atoms with Crippen LogP contribution in [0.25, 0.3) is 0 Å². The van der Waals surface area contributed by atoms with Crippen LogP contribution in [0.2, 0.25) is 0 Å². The minimum atomic E-state index is -0.219. The highest BCUT2D eigenvalue weighted by Crippen LogP contribution is 2.22. The fourth-order valence-electron chi connectivity index (χ4n) is 3.42.